The molecule has 7 heteroatoms. The van der Waals surface area contributed by atoms with E-state index in [0.29, 0.717) is 16.6 Å². The predicted molar refractivity (Wildman–Crippen MR) is 122 cm³/mol. The van der Waals surface area contributed by atoms with E-state index in [4.69, 9.17) is 26.4 Å². The van der Waals surface area contributed by atoms with Crippen LogP contribution in [-0.4, -0.2) is 42.5 Å². The average molecular weight is 424 g/mol. The number of thiocarbonyl (C=S) groups is 1. The maximum Gasteiger partial charge on any atom is 0.174 e. The predicted octanol–water partition coefficient (Wildman–Crippen LogP) is 4.32. The Bertz CT molecular complexity index is 1030. The lowest BCUT2D eigenvalue weighted by Crippen LogP contribution is -2.44. The molecular formula is C23H25N3O3S. The molecule has 0 spiro atoms. The van der Waals surface area contributed by atoms with Gasteiger partial charge in [0.25, 0.3) is 0 Å². The Hall–Kier alpha value is -3.19. The molecule has 3 aromatic rings. The molecule has 0 radical (unpaired) electrons. The molecule has 2 heterocycles. The highest BCUT2D eigenvalue weighted by atomic mass is 32.1. The molecule has 1 aliphatic rings. The molecule has 0 aliphatic carbocycles. The second kappa shape index (κ2) is 8.67. The number of nitrogens with one attached hydrogen (secondary N) is 1. The van der Waals surface area contributed by atoms with Gasteiger partial charge in [-0.15, -0.1) is 0 Å². The average Bonchev–Trinajstić information content (AvgIpc) is 3.27. The van der Waals surface area contributed by atoms with E-state index in [9.17, 15) is 0 Å². The lowest BCUT2D eigenvalue weighted by molar-refractivity contribution is 0.291. The number of fused-ring (bicyclic) bond motifs is 1. The SMILES string of the molecule is COc1ccc(NC(=S)N2CCn3cccc3C2c2ccc(OC)c(OC)c2)cc1. The van der Waals surface area contributed by atoms with Crippen LogP contribution in [0.3, 0.4) is 0 Å². The van der Waals surface area contributed by atoms with Crippen molar-refractivity contribution in [2.45, 2.75) is 12.6 Å². The topological polar surface area (TPSA) is 47.9 Å². The first kappa shape index (κ1) is 20.1. The number of anilines is 1. The molecule has 1 N–H and O–H groups in total. The second-order valence-corrected chi connectivity index (χ2v) is 7.38. The van der Waals surface area contributed by atoms with Crippen LogP contribution in [-0.2, 0) is 6.54 Å². The van der Waals surface area contributed by atoms with Gasteiger partial charge >= 0.3 is 0 Å². The molecule has 0 saturated heterocycles. The van der Waals surface area contributed by atoms with Gasteiger partial charge in [-0.3, -0.25) is 0 Å². The lowest BCUT2D eigenvalue weighted by atomic mass is 9.99. The highest BCUT2D eigenvalue weighted by molar-refractivity contribution is 7.80. The Kier molecular flexibility index (Phi) is 5.81. The van der Waals surface area contributed by atoms with Gasteiger partial charge in [-0.25, -0.2) is 0 Å². The third-order valence-electron chi connectivity index (χ3n) is 5.36. The van der Waals surface area contributed by atoms with E-state index in [0.717, 1.165) is 30.1 Å². The van der Waals surface area contributed by atoms with Crippen LogP contribution in [0.5, 0.6) is 17.2 Å². The molecule has 1 aliphatic heterocycles. The molecular weight excluding hydrogens is 398 g/mol. The monoisotopic (exact) mass is 423 g/mol. The van der Waals surface area contributed by atoms with Crippen LogP contribution in [0.25, 0.3) is 0 Å². The molecule has 156 valence electrons. The van der Waals surface area contributed by atoms with Crippen molar-refractivity contribution < 1.29 is 14.2 Å². The van der Waals surface area contributed by atoms with Gasteiger partial charge in [-0.05, 0) is 66.3 Å². The molecule has 0 bridgehead atoms. The molecule has 30 heavy (non-hydrogen) atoms. The van der Waals surface area contributed by atoms with E-state index in [2.05, 4.69) is 39.2 Å². The Balaban J connectivity index is 1.67. The first-order chi connectivity index (χ1) is 14.6. The summed E-state index contributed by atoms with van der Waals surface area (Å²) in [4.78, 5) is 2.22. The van der Waals surface area contributed by atoms with Crippen molar-refractivity contribution in [2.24, 2.45) is 0 Å². The summed E-state index contributed by atoms with van der Waals surface area (Å²) in [5.41, 5.74) is 3.20. The van der Waals surface area contributed by atoms with E-state index in [-0.39, 0.29) is 6.04 Å². The fraction of sp³-hybridized carbons (Fsp3) is 0.261. The van der Waals surface area contributed by atoms with E-state index in [1.54, 1.807) is 21.3 Å². The first-order valence-corrected chi connectivity index (χ1v) is 10.1. The number of methoxy groups -OCH3 is 3. The number of hydrogen-bond donors (Lipinski definition) is 1. The molecule has 1 aromatic heterocycles. The summed E-state index contributed by atoms with van der Waals surface area (Å²) >= 11 is 5.83. The van der Waals surface area contributed by atoms with Crippen LogP contribution in [0.1, 0.15) is 17.3 Å². The minimum absolute atomic E-state index is 0.0354. The smallest absolute Gasteiger partial charge is 0.174 e. The normalized spacial score (nSPS) is 15.3. The summed E-state index contributed by atoms with van der Waals surface area (Å²) in [6, 6.07) is 18.0. The summed E-state index contributed by atoms with van der Waals surface area (Å²) in [6.45, 7) is 1.67. The Labute approximate surface area is 182 Å². The van der Waals surface area contributed by atoms with Gasteiger partial charge in [0, 0.05) is 30.7 Å². The lowest BCUT2D eigenvalue weighted by Gasteiger charge is -2.39. The largest absolute Gasteiger partial charge is 0.497 e. The van der Waals surface area contributed by atoms with Gasteiger partial charge in [-0.2, -0.15) is 0 Å². The number of hydrogen-bond acceptors (Lipinski definition) is 4. The minimum Gasteiger partial charge on any atom is -0.497 e. The molecule has 2 aromatic carbocycles. The number of benzene rings is 2. The fourth-order valence-corrected chi connectivity index (χ4v) is 4.16. The quantitative estimate of drug-likeness (QED) is 0.617. The summed E-state index contributed by atoms with van der Waals surface area (Å²) in [5.74, 6) is 2.22. The van der Waals surface area contributed by atoms with Crippen LogP contribution in [0, 0.1) is 0 Å². The van der Waals surface area contributed by atoms with Crippen molar-refractivity contribution >= 4 is 23.0 Å². The zero-order valence-corrected chi connectivity index (χ0v) is 18.1. The van der Waals surface area contributed by atoms with Gasteiger partial charge in [0.2, 0.25) is 0 Å². The highest BCUT2D eigenvalue weighted by Crippen LogP contribution is 2.37. The molecule has 0 fully saturated rings. The van der Waals surface area contributed by atoms with E-state index in [1.165, 1.54) is 5.69 Å². The molecule has 4 rings (SSSR count). The Morgan fingerprint density at radius 1 is 0.933 bits per heavy atom. The van der Waals surface area contributed by atoms with Crippen molar-refractivity contribution in [3.05, 3.63) is 72.1 Å². The van der Waals surface area contributed by atoms with Crippen molar-refractivity contribution in [3.8, 4) is 17.2 Å². The van der Waals surface area contributed by atoms with Crippen LogP contribution in [0.15, 0.2) is 60.8 Å². The highest BCUT2D eigenvalue weighted by Gasteiger charge is 2.31. The standard InChI is InChI=1S/C23H25N3O3S/c1-27-18-9-7-17(8-10-18)24-23(30)26-14-13-25-12-4-5-19(25)22(26)16-6-11-20(28-2)21(15-16)29-3/h4-12,15,22H,13-14H2,1-3H3,(H,24,30). The number of nitrogens with zero attached hydrogens (tertiary/aromatic N) is 2. The van der Waals surface area contributed by atoms with Gasteiger partial charge in [0.15, 0.2) is 16.6 Å². The van der Waals surface area contributed by atoms with Crippen LogP contribution in [0.2, 0.25) is 0 Å². The van der Waals surface area contributed by atoms with Crippen LogP contribution < -0.4 is 19.5 Å². The van der Waals surface area contributed by atoms with Crippen LogP contribution >= 0.6 is 12.2 Å². The van der Waals surface area contributed by atoms with Crippen molar-refractivity contribution in [3.63, 3.8) is 0 Å². The third-order valence-corrected chi connectivity index (χ3v) is 5.70. The summed E-state index contributed by atoms with van der Waals surface area (Å²) in [5, 5.41) is 4.05. The first-order valence-electron chi connectivity index (χ1n) is 9.73. The van der Waals surface area contributed by atoms with E-state index >= 15 is 0 Å². The minimum atomic E-state index is -0.0354. The summed E-state index contributed by atoms with van der Waals surface area (Å²) < 4.78 is 18.5. The molecule has 6 nitrogen and oxygen atoms in total. The zero-order chi connectivity index (χ0) is 21.1. The Morgan fingerprint density at radius 3 is 2.40 bits per heavy atom. The molecule has 0 amide bonds. The third kappa shape index (κ3) is 3.80. The van der Waals surface area contributed by atoms with Gasteiger partial charge in [-0.1, -0.05) is 6.07 Å². The number of aromatic nitrogens is 1. The van der Waals surface area contributed by atoms with Gasteiger partial charge in [0.05, 0.1) is 27.4 Å². The molecule has 0 saturated carbocycles. The van der Waals surface area contributed by atoms with E-state index < -0.39 is 0 Å². The maximum atomic E-state index is 5.83. The van der Waals surface area contributed by atoms with Crippen molar-refractivity contribution in [1.29, 1.82) is 0 Å². The van der Waals surface area contributed by atoms with Gasteiger partial charge < -0.3 is 29.0 Å². The number of ether oxygens (including phenoxy) is 3. The molecule has 1 atom stereocenters. The van der Waals surface area contributed by atoms with Crippen molar-refractivity contribution in [1.82, 2.24) is 9.47 Å². The van der Waals surface area contributed by atoms with Gasteiger partial charge in [0.1, 0.15) is 5.75 Å². The van der Waals surface area contributed by atoms with Crippen LogP contribution in [0.4, 0.5) is 5.69 Å². The van der Waals surface area contributed by atoms with Crippen molar-refractivity contribution in [2.75, 3.05) is 33.2 Å². The summed E-state index contributed by atoms with van der Waals surface area (Å²) in [6.07, 6.45) is 2.11. The number of rotatable bonds is 5. The Morgan fingerprint density at radius 2 is 1.70 bits per heavy atom. The zero-order valence-electron chi connectivity index (χ0n) is 17.3. The van der Waals surface area contributed by atoms with E-state index in [1.807, 2.05) is 36.4 Å². The molecule has 1 unspecified atom stereocenters. The maximum absolute atomic E-state index is 5.83. The summed E-state index contributed by atoms with van der Waals surface area (Å²) in [7, 11) is 4.95. The fourth-order valence-electron chi connectivity index (χ4n) is 3.85. The second-order valence-electron chi connectivity index (χ2n) is 7.00.